The van der Waals surface area contributed by atoms with Gasteiger partial charge in [-0.25, -0.2) is 4.98 Å². The average Bonchev–Trinajstić information content (AvgIpc) is 2.31. The second-order valence-electron chi connectivity index (χ2n) is 3.38. The Bertz CT molecular complexity index is 411. The Morgan fingerprint density at radius 1 is 1.59 bits per heavy atom. The van der Waals surface area contributed by atoms with Crippen LogP contribution in [0.25, 0.3) is 0 Å². The summed E-state index contributed by atoms with van der Waals surface area (Å²) in [5.74, 6) is 1.07. The fourth-order valence-electron chi connectivity index (χ4n) is 1.35. The second kappa shape index (κ2) is 6.80. The number of hydrogen-bond donors (Lipinski definition) is 2. The summed E-state index contributed by atoms with van der Waals surface area (Å²) < 4.78 is 1.83. The van der Waals surface area contributed by atoms with Crippen LogP contribution >= 0.6 is 31.9 Å². The minimum atomic E-state index is 0.219. The molecular weight excluding hydrogens is 352 g/mol. The molecular formula is C10H14Br2N4O. The molecule has 0 aliphatic carbocycles. The molecule has 1 aromatic heterocycles. The van der Waals surface area contributed by atoms with Crippen LogP contribution in [0.3, 0.4) is 0 Å². The number of anilines is 1. The number of amidine groups is 1. The van der Waals surface area contributed by atoms with E-state index in [1.807, 2.05) is 13.0 Å². The summed E-state index contributed by atoms with van der Waals surface area (Å²) in [6.45, 7) is 3.48. The molecule has 17 heavy (non-hydrogen) atoms. The summed E-state index contributed by atoms with van der Waals surface area (Å²) in [7, 11) is 0. The van der Waals surface area contributed by atoms with Gasteiger partial charge in [-0.05, 0) is 44.8 Å². The van der Waals surface area contributed by atoms with E-state index >= 15 is 0 Å². The van der Waals surface area contributed by atoms with E-state index in [1.165, 1.54) is 0 Å². The maximum Gasteiger partial charge on any atom is 0.142 e. The third-order valence-corrected chi connectivity index (χ3v) is 3.25. The highest BCUT2D eigenvalue weighted by Gasteiger charge is 2.10. The molecule has 0 aromatic carbocycles. The van der Waals surface area contributed by atoms with Crippen molar-refractivity contribution in [3.8, 4) is 0 Å². The maximum atomic E-state index is 8.50. The molecule has 0 radical (unpaired) electrons. The molecule has 0 saturated carbocycles. The number of halogens is 2. The van der Waals surface area contributed by atoms with Crippen LogP contribution in [-0.4, -0.2) is 29.1 Å². The summed E-state index contributed by atoms with van der Waals surface area (Å²) in [6, 6.07) is 1.94. The molecule has 0 atom stereocenters. The van der Waals surface area contributed by atoms with E-state index in [4.69, 9.17) is 10.9 Å². The first kappa shape index (κ1) is 14.2. The Morgan fingerprint density at radius 3 is 2.82 bits per heavy atom. The SMILES string of the molecule is CCN(CCC(N)=NO)c1ncc(Br)cc1Br. The molecule has 0 saturated heterocycles. The van der Waals surface area contributed by atoms with Crippen LogP contribution in [-0.2, 0) is 0 Å². The predicted octanol–water partition coefficient (Wildman–Crippen LogP) is 2.57. The Morgan fingerprint density at radius 2 is 2.29 bits per heavy atom. The third-order valence-electron chi connectivity index (χ3n) is 2.24. The molecule has 1 aromatic rings. The zero-order chi connectivity index (χ0) is 12.8. The van der Waals surface area contributed by atoms with Gasteiger partial charge >= 0.3 is 0 Å². The van der Waals surface area contributed by atoms with Gasteiger partial charge in [0.2, 0.25) is 0 Å². The summed E-state index contributed by atoms with van der Waals surface area (Å²) in [6.07, 6.45) is 2.24. The Kier molecular flexibility index (Phi) is 5.70. The second-order valence-corrected chi connectivity index (χ2v) is 5.15. The highest BCUT2D eigenvalue weighted by atomic mass is 79.9. The van der Waals surface area contributed by atoms with E-state index < -0.39 is 0 Å². The first-order chi connectivity index (χ1) is 8.08. The first-order valence-corrected chi connectivity index (χ1v) is 6.69. The van der Waals surface area contributed by atoms with Crippen molar-refractivity contribution in [2.45, 2.75) is 13.3 Å². The largest absolute Gasteiger partial charge is 0.409 e. The zero-order valence-corrected chi connectivity index (χ0v) is 12.6. The van der Waals surface area contributed by atoms with Crippen molar-refractivity contribution in [2.75, 3.05) is 18.0 Å². The number of hydrogen-bond acceptors (Lipinski definition) is 4. The van der Waals surface area contributed by atoms with Crippen LogP contribution in [0.1, 0.15) is 13.3 Å². The minimum absolute atomic E-state index is 0.219. The highest BCUT2D eigenvalue weighted by molar-refractivity contribution is 9.11. The van der Waals surface area contributed by atoms with Gasteiger partial charge in [-0.3, -0.25) is 0 Å². The van der Waals surface area contributed by atoms with Crippen molar-refractivity contribution in [1.29, 1.82) is 0 Å². The third kappa shape index (κ3) is 4.16. The lowest BCUT2D eigenvalue weighted by molar-refractivity contribution is 0.317. The van der Waals surface area contributed by atoms with Gasteiger partial charge in [-0.2, -0.15) is 0 Å². The van der Waals surface area contributed by atoms with E-state index in [0.717, 1.165) is 21.3 Å². The smallest absolute Gasteiger partial charge is 0.142 e. The number of rotatable bonds is 5. The number of aromatic nitrogens is 1. The Balaban J connectivity index is 2.79. The van der Waals surface area contributed by atoms with Crippen LogP contribution in [0, 0.1) is 0 Å². The summed E-state index contributed by atoms with van der Waals surface area (Å²) >= 11 is 6.83. The van der Waals surface area contributed by atoms with Gasteiger partial charge in [0.05, 0.1) is 4.47 Å². The van der Waals surface area contributed by atoms with Crippen molar-refractivity contribution in [2.24, 2.45) is 10.9 Å². The molecule has 0 spiro atoms. The van der Waals surface area contributed by atoms with Crippen molar-refractivity contribution < 1.29 is 5.21 Å². The number of oxime groups is 1. The van der Waals surface area contributed by atoms with Gasteiger partial charge in [0, 0.05) is 30.2 Å². The summed E-state index contributed by atoms with van der Waals surface area (Å²) in [4.78, 5) is 6.39. The zero-order valence-electron chi connectivity index (χ0n) is 9.40. The predicted molar refractivity (Wildman–Crippen MR) is 75.5 cm³/mol. The normalized spacial score (nSPS) is 11.6. The van der Waals surface area contributed by atoms with E-state index in [2.05, 4.69) is 46.9 Å². The van der Waals surface area contributed by atoms with Crippen molar-refractivity contribution in [1.82, 2.24) is 4.98 Å². The Hall–Kier alpha value is -0.820. The number of pyridine rings is 1. The van der Waals surface area contributed by atoms with E-state index in [0.29, 0.717) is 13.0 Å². The van der Waals surface area contributed by atoms with Crippen LogP contribution in [0.15, 0.2) is 26.4 Å². The van der Waals surface area contributed by atoms with Gasteiger partial charge < -0.3 is 15.8 Å². The molecule has 0 amide bonds. The molecule has 0 fully saturated rings. The van der Waals surface area contributed by atoms with Crippen molar-refractivity contribution in [3.63, 3.8) is 0 Å². The summed E-state index contributed by atoms with van der Waals surface area (Å²) in [5.41, 5.74) is 5.45. The molecule has 94 valence electrons. The van der Waals surface area contributed by atoms with Crippen LogP contribution in [0.5, 0.6) is 0 Å². The topological polar surface area (TPSA) is 74.7 Å². The molecule has 5 nitrogen and oxygen atoms in total. The van der Waals surface area contributed by atoms with Gasteiger partial charge in [-0.15, -0.1) is 0 Å². The highest BCUT2D eigenvalue weighted by Crippen LogP contribution is 2.26. The fourth-order valence-corrected chi connectivity index (χ4v) is 2.59. The molecule has 7 heteroatoms. The Labute approximate surface area is 117 Å². The van der Waals surface area contributed by atoms with Gasteiger partial charge in [0.15, 0.2) is 0 Å². The lowest BCUT2D eigenvalue weighted by atomic mass is 10.3. The van der Waals surface area contributed by atoms with Crippen molar-refractivity contribution in [3.05, 3.63) is 21.2 Å². The number of nitrogens with zero attached hydrogens (tertiary/aromatic N) is 3. The summed E-state index contributed by atoms with van der Waals surface area (Å²) in [5, 5.41) is 11.4. The standard InChI is InChI=1S/C10H14Br2N4O/c1-2-16(4-3-9(13)15-17)10-8(12)5-7(11)6-14-10/h5-6,17H,2-4H2,1H3,(H2,13,15). The van der Waals surface area contributed by atoms with E-state index in [9.17, 15) is 0 Å². The first-order valence-electron chi connectivity index (χ1n) is 5.10. The fraction of sp³-hybridized carbons (Fsp3) is 0.400. The van der Waals surface area contributed by atoms with Crippen molar-refractivity contribution >= 4 is 43.5 Å². The molecule has 0 bridgehead atoms. The lowest BCUT2D eigenvalue weighted by Gasteiger charge is -2.22. The van der Waals surface area contributed by atoms with Crippen LogP contribution in [0.4, 0.5) is 5.82 Å². The maximum absolute atomic E-state index is 8.50. The minimum Gasteiger partial charge on any atom is -0.409 e. The van der Waals surface area contributed by atoms with E-state index in [-0.39, 0.29) is 5.84 Å². The van der Waals surface area contributed by atoms with E-state index in [1.54, 1.807) is 6.20 Å². The van der Waals surface area contributed by atoms with Gasteiger partial charge in [-0.1, -0.05) is 5.16 Å². The molecule has 0 aliphatic heterocycles. The van der Waals surface area contributed by atoms with Gasteiger partial charge in [0.1, 0.15) is 11.7 Å². The molecule has 1 heterocycles. The molecule has 0 unspecified atom stereocenters. The molecule has 3 N–H and O–H groups in total. The molecule has 1 rings (SSSR count). The molecule has 0 aliphatic rings. The van der Waals surface area contributed by atoms with Crippen LogP contribution < -0.4 is 10.6 Å². The monoisotopic (exact) mass is 364 g/mol. The quantitative estimate of drug-likeness (QED) is 0.364. The van der Waals surface area contributed by atoms with Crippen LogP contribution in [0.2, 0.25) is 0 Å². The lowest BCUT2D eigenvalue weighted by Crippen LogP contribution is -2.29. The van der Waals surface area contributed by atoms with Gasteiger partial charge in [0.25, 0.3) is 0 Å². The average molecular weight is 366 g/mol. The number of nitrogens with two attached hydrogens (primary N) is 1.